The zero-order chi connectivity index (χ0) is 28.6. The fourth-order valence-electron chi connectivity index (χ4n) is 5.23. The Morgan fingerprint density at radius 2 is 1.73 bits per heavy atom. The molecule has 2 amide bonds. The molecule has 1 aliphatic rings. The highest BCUT2D eigenvalue weighted by Gasteiger charge is 2.34. The van der Waals surface area contributed by atoms with Gasteiger partial charge < -0.3 is 10.2 Å². The van der Waals surface area contributed by atoms with Crippen molar-refractivity contribution in [2.75, 3.05) is 11.4 Å². The summed E-state index contributed by atoms with van der Waals surface area (Å²) in [6.07, 6.45) is 3.22. The van der Waals surface area contributed by atoms with Gasteiger partial charge in [0.15, 0.2) is 0 Å². The standard InChI is InChI=1S/C30H31BrN6O3/c1-19-17-26(38)37(23-9-6-5-7-10-23)20(2)27(19)28(39)32-30(3,4)25-18-36(34-33-25)24-11-8-16-35(29(24)40)22-14-12-21(31)13-15-22/h5-7,9-10,12-15,17-18,24H,8,11,16H2,1-4H3,(H,32,39). The molecule has 0 spiro atoms. The van der Waals surface area contributed by atoms with E-state index in [0.717, 1.165) is 16.6 Å². The van der Waals surface area contributed by atoms with Crippen LogP contribution < -0.4 is 15.8 Å². The number of aromatic nitrogens is 4. The van der Waals surface area contributed by atoms with Gasteiger partial charge in [0.25, 0.3) is 17.4 Å². The number of piperidine rings is 1. The van der Waals surface area contributed by atoms with E-state index in [1.54, 1.807) is 29.6 Å². The number of para-hydroxylation sites is 1. The Morgan fingerprint density at radius 1 is 1.02 bits per heavy atom. The van der Waals surface area contributed by atoms with E-state index in [1.807, 2.05) is 68.4 Å². The number of amides is 2. The van der Waals surface area contributed by atoms with Gasteiger partial charge in [0.2, 0.25) is 0 Å². The van der Waals surface area contributed by atoms with E-state index in [2.05, 4.69) is 31.6 Å². The first kappa shape index (κ1) is 27.5. The highest BCUT2D eigenvalue weighted by Crippen LogP contribution is 2.29. The predicted octanol–water partition coefficient (Wildman–Crippen LogP) is 4.84. The van der Waals surface area contributed by atoms with E-state index in [1.165, 1.54) is 10.6 Å². The minimum atomic E-state index is -0.898. The number of anilines is 1. The second-order valence-corrected chi connectivity index (χ2v) is 11.5. The summed E-state index contributed by atoms with van der Waals surface area (Å²) in [6, 6.07) is 17.9. The summed E-state index contributed by atoms with van der Waals surface area (Å²) < 4.78 is 4.09. The van der Waals surface area contributed by atoms with Crippen LogP contribution in [0, 0.1) is 13.8 Å². The van der Waals surface area contributed by atoms with Crippen molar-refractivity contribution in [3.05, 3.63) is 104 Å². The average molecular weight is 604 g/mol. The number of rotatable bonds is 6. The molecule has 0 bridgehead atoms. The van der Waals surface area contributed by atoms with E-state index in [9.17, 15) is 14.4 Å². The van der Waals surface area contributed by atoms with Crippen molar-refractivity contribution < 1.29 is 9.59 Å². The Balaban J connectivity index is 1.38. The molecule has 5 rings (SSSR count). The van der Waals surface area contributed by atoms with E-state index >= 15 is 0 Å². The summed E-state index contributed by atoms with van der Waals surface area (Å²) in [5.74, 6) is -0.365. The number of carbonyl (C=O) groups is 2. The minimum Gasteiger partial charge on any atom is -0.341 e. The third-order valence-corrected chi connectivity index (χ3v) is 7.87. The Labute approximate surface area is 240 Å². The van der Waals surface area contributed by atoms with Crippen molar-refractivity contribution in [3.8, 4) is 5.69 Å². The molecule has 1 fully saturated rings. The maximum atomic E-state index is 13.6. The molecule has 40 heavy (non-hydrogen) atoms. The lowest BCUT2D eigenvalue weighted by Gasteiger charge is -2.32. The van der Waals surface area contributed by atoms with Crippen LogP contribution in [0.15, 0.2) is 76.1 Å². The quantitative estimate of drug-likeness (QED) is 0.340. The van der Waals surface area contributed by atoms with Gasteiger partial charge in [-0.1, -0.05) is 39.3 Å². The van der Waals surface area contributed by atoms with E-state index < -0.39 is 11.6 Å². The lowest BCUT2D eigenvalue weighted by atomic mass is 9.98. The minimum absolute atomic E-state index is 0.0405. The monoisotopic (exact) mass is 602 g/mol. The van der Waals surface area contributed by atoms with E-state index in [0.29, 0.717) is 41.2 Å². The molecule has 1 aliphatic heterocycles. The molecule has 206 valence electrons. The Bertz CT molecular complexity index is 1630. The number of hydrogen-bond acceptors (Lipinski definition) is 5. The van der Waals surface area contributed by atoms with E-state index in [-0.39, 0.29) is 17.4 Å². The van der Waals surface area contributed by atoms with Gasteiger partial charge in [-0.25, -0.2) is 4.68 Å². The molecule has 1 N–H and O–H groups in total. The maximum Gasteiger partial charge on any atom is 0.255 e. The molecule has 1 unspecified atom stereocenters. The Hall–Kier alpha value is -4.05. The summed E-state index contributed by atoms with van der Waals surface area (Å²) >= 11 is 3.44. The second kappa shape index (κ2) is 10.8. The first-order chi connectivity index (χ1) is 19.1. The third kappa shape index (κ3) is 5.23. The first-order valence-electron chi connectivity index (χ1n) is 13.2. The van der Waals surface area contributed by atoms with Crippen LogP contribution in [-0.4, -0.2) is 37.9 Å². The van der Waals surface area contributed by atoms with Crippen molar-refractivity contribution in [1.82, 2.24) is 24.9 Å². The van der Waals surface area contributed by atoms with Crippen LogP contribution in [0.1, 0.15) is 60.0 Å². The molecule has 0 radical (unpaired) electrons. The van der Waals surface area contributed by atoms with Crippen LogP contribution in [0.25, 0.3) is 5.69 Å². The average Bonchev–Trinajstić information content (AvgIpc) is 3.41. The fourth-order valence-corrected chi connectivity index (χ4v) is 5.49. The van der Waals surface area contributed by atoms with Crippen LogP contribution in [0.3, 0.4) is 0 Å². The summed E-state index contributed by atoms with van der Waals surface area (Å²) in [4.78, 5) is 41.6. The molecule has 0 saturated carbocycles. The molecule has 4 aromatic rings. The van der Waals surface area contributed by atoms with Crippen LogP contribution >= 0.6 is 15.9 Å². The molecule has 2 aromatic carbocycles. The van der Waals surface area contributed by atoms with Crippen LogP contribution in [0.4, 0.5) is 5.69 Å². The normalized spacial score (nSPS) is 15.8. The highest BCUT2D eigenvalue weighted by atomic mass is 79.9. The van der Waals surface area contributed by atoms with Gasteiger partial charge in [-0.3, -0.25) is 19.0 Å². The summed E-state index contributed by atoms with van der Waals surface area (Å²) in [5, 5.41) is 11.7. The molecule has 0 aliphatic carbocycles. The predicted molar refractivity (Wildman–Crippen MR) is 157 cm³/mol. The summed E-state index contributed by atoms with van der Waals surface area (Å²) in [5.41, 5.74) is 2.53. The largest absolute Gasteiger partial charge is 0.341 e. The van der Waals surface area contributed by atoms with E-state index in [4.69, 9.17) is 0 Å². The molecule has 1 atom stereocenters. The molecular weight excluding hydrogens is 572 g/mol. The van der Waals surface area contributed by atoms with Gasteiger partial charge in [0.05, 0.1) is 17.3 Å². The van der Waals surface area contributed by atoms with Crippen LogP contribution in [0.5, 0.6) is 0 Å². The van der Waals surface area contributed by atoms with Crippen LogP contribution in [0.2, 0.25) is 0 Å². The number of benzene rings is 2. The number of aryl methyl sites for hydroxylation is 1. The molecular formula is C30H31BrN6O3. The van der Waals surface area contributed by atoms with Crippen LogP contribution in [-0.2, 0) is 10.3 Å². The Morgan fingerprint density at radius 3 is 2.42 bits per heavy atom. The smallest absolute Gasteiger partial charge is 0.255 e. The summed E-state index contributed by atoms with van der Waals surface area (Å²) in [7, 11) is 0. The van der Waals surface area contributed by atoms with Crippen molar-refractivity contribution >= 4 is 33.4 Å². The van der Waals surface area contributed by atoms with Crippen molar-refractivity contribution in [2.24, 2.45) is 0 Å². The van der Waals surface area contributed by atoms with Crippen molar-refractivity contribution in [3.63, 3.8) is 0 Å². The number of nitrogens with one attached hydrogen (secondary N) is 1. The molecule has 9 nitrogen and oxygen atoms in total. The molecule has 3 heterocycles. The zero-order valence-corrected chi connectivity index (χ0v) is 24.5. The van der Waals surface area contributed by atoms with Gasteiger partial charge >= 0.3 is 0 Å². The zero-order valence-electron chi connectivity index (χ0n) is 22.9. The SMILES string of the molecule is Cc1cc(=O)n(-c2ccccc2)c(C)c1C(=O)NC(C)(C)c1cn(C2CCCN(c3ccc(Br)cc3)C2=O)nn1. The summed E-state index contributed by atoms with van der Waals surface area (Å²) in [6.45, 7) is 7.85. The number of nitrogens with zero attached hydrogens (tertiary/aromatic N) is 5. The molecule has 10 heteroatoms. The third-order valence-electron chi connectivity index (χ3n) is 7.34. The second-order valence-electron chi connectivity index (χ2n) is 10.6. The topological polar surface area (TPSA) is 102 Å². The molecule has 1 saturated heterocycles. The lowest BCUT2D eigenvalue weighted by molar-refractivity contribution is -0.123. The molecule has 2 aromatic heterocycles. The van der Waals surface area contributed by atoms with Crippen molar-refractivity contribution in [1.29, 1.82) is 0 Å². The van der Waals surface area contributed by atoms with Gasteiger partial charge in [0.1, 0.15) is 11.7 Å². The van der Waals surface area contributed by atoms with Gasteiger partial charge in [-0.15, -0.1) is 5.10 Å². The van der Waals surface area contributed by atoms with Gasteiger partial charge in [-0.05, 0) is 82.5 Å². The first-order valence-corrected chi connectivity index (χ1v) is 14.0. The van der Waals surface area contributed by atoms with Crippen molar-refractivity contribution in [2.45, 2.75) is 52.1 Å². The van der Waals surface area contributed by atoms with Gasteiger partial charge in [-0.2, -0.15) is 0 Å². The maximum absolute atomic E-state index is 13.6. The number of halogens is 1. The Kier molecular flexibility index (Phi) is 7.46. The number of pyridine rings is 1. The lowest BCUT2D eigenvalue weighted by Crippen LogP contribution is -2.43. The number of hydrogen-bond donors (Lipinski definition) is 1. The number of carbonyl (C=O) groups excluding carboxylic acids is 2. The van der Waals surface area contributed by atoms with Gasteiger partial charge in [0, 0.05) is 34.2 Å². The fraction of sp³-hybridized carbons (Fsp3) is 0.300. The highest BCUT2D eigenvalue weighted by molar-refractivity contribution is 9.10.